The van der Waals surface area contributed by atoms with Gasteiger partial charge in [0.25, 0.3) is 0 Å². The highest BCUT2D eigenvalue weighted by Gasteiger charge is 2.39. The van der Waals surface area contributed by atoms with Crippen LogP contribution in [0.5, 0.6) is 0 Å². The van der Waals surface area contributed by atoms with Crippen LogP contribution < -0.4 is 5.43 Å². The Balaban J connectivity index is 1.83. The van der Waals surface area contributed by atoms with Crippen molar-refractivity contribution < 1.29 is 18.7 Å². The van der Waals surface area contributed by atoms with Gasteiger partial charge in [-0.3, -0.25) is 9.48 Å². The molecule has 0 radical (unpaired) electrons. The molecule has 0 spiro atoms. The average molecular weight is 439 g/mol. The van der Waals surface area contributed by atoms with E-state index < -0.39 is 23.0 Å². The summed E-state index contributed by atoms with van der Waals surface area (Å²) in [4.78, 5) is 24.3. The highest BCUT2D eigenvalue weighted by Crippen LogP contribution is 2.50. The summed E-state index contributed by atoms with van der Waals surface area (Å²) in [6.07, 6.45) is 3.32. The topological polar surface area (TPSA) is 77.1 Å². The van der Waals surface area contributed by atoms with Gasteiger partial charge in [0.2, 0.25) is 0 Å². The van der Waals surface area contributed by atoms with Crippen LogP contribution in [0.3, 0.4) is 0 Å². The summed E-state index contributed by atoms with van der Waals surface area (Å²) in [5.41, 5.74) is 1.98. The summed E-state index contributed by atoms with van der Waals surface area (Å²) in [5, 5.41) is 14.4. The van der Waals surface area contributed by atoms with Crippen LogP contribution in [0.15, 0.2) is 35.3 Å². The number of halogens is 2. The lowest BCUT2D eigenvalue weighted by Crippen LogP contribution is -2.35. The molecule has 0 bridgehead atoms. The van der Waals surface area contributed by atoms with Crippen LogP contribution in [0.4, 0.5) is 8.78 Å². The van der Waals surface area contributed by atoms with E-state index in [0.717, 1.165) is 30.7 Å². The van der Waals surface area contributed by atoms with Crippen LogP contribution in [0.25, 0.3) is 22.5 Å². The van der Waals surface area contributed by atoms with E-state index >= 15 is 0 Å². The van der Waals surface area contributed by atoms with Crippen LogP contribution in [0, 0.1) is 17.0 Å². The fourth-order valence-corrected chi connectivity index (χ4v) is 4.55. The van der Waals surface area contributed by atoms with E-state index in [1.807, 2.05) is 30.0 Å². The maximum Gasteiger partial charge on any atom is 0.341 e. The summed E-state index contributed by atoms with van der Waals surface area (Å²) < 4.78 is 31.5. The quantitative estimate of drug-likeness (QED) is 0.634. The van der Waals surface area contributed by atoms with Crippen molar-refractivity contribution in [1.29, 1.82) is 0 Å². The zero-order chi connectivity index (χ0) is 22.9. The number of carbonyl (C=O) groups is 1. The molecule has 3 aromatic rings. The molecule has 166 valence electrons. The smallest absolute Gasteiger partial charge is 0.341 e. The Bertz CT molecular complexity index is 1330. The summed E-state index contributed by atoms with van der Waals surface area (Å²) in [6, 6.07) is 4.94. The molecule has 1 aromatic carbocycles. The minimum atomic E-state index is -1.28. The number of pyridine rings is 1. The Hall–Kier alpha value is -3.29. The molecule has 6 nitrogen and oxygen atoms in total. The molecule has 1 aliphatic carbocycles. The molecule has 0 unspecified atom stereocenters. The molecule has 8 heteroatoms. The maximum atomic E-state index is 14.1. The van der Waals surface area contributed by atoms with Crippen LogP contribution in [0.2, 0.25) is 0 Å². The van der Waals surface area contributed by atoms with Gasteiger partial charge >= 0.3 is 5.97 Å². The lowest BCUT2D eigenvalue weighted by molar-refractivity contribution is 0.0693. The first-order valence-corrected chi connectivity index (χ1v) is 10.6. The second-order valence-corrected chi connectivity index (χ2v) is 9.72. The standard InChI is InChI=1S/C24H23F2N3O3/c1-24(2,3)19-11-29-22(17-9-18(30)14(23(31)32)10-28(17)19)20(21(27-29)12-4-5-12)13-6-7-15(25)16(26)8-13/h6-10,12,19H,4-5,11H2,1-3H3,(H,31,32)/t19-/m0/s1. The second kappa shape index (κ2) is 6.85. The number of nitrogens with zero attached hydrogens (tertiary/aromatic N) is 3. The van der Waals surface area contributed by atoms with Gasteiger partial charge in [0, 0.05) is 23.7 Å². The van der Waals surface area contributed by atoms with Gasteiger partial charge in [-0.25, -0.2) is 13.6 Å². The minimum Gasteiger partial charge on any atom is -0.477 e. The molecular weight excluding hydrogens is 416 g/mol. The first-order valence-electron chi connectivity index (χ1n) is 10.6. The maximum absolute atomic E-state index is 14.1. The van der Waals surface area contributed by atoms with Crippen molar-refractivity contribution in [1.82, 2.24) is 14.3 Å². The highest BCUT2D eigenvalue weighted by molar-refractivity contribution is 5.89. The third-order valence-corrected chi connectivity index (χ3v) is 6.39. The van der Waals surface area contributed by atoms with Gasteiger partial charge in [0.1, 0.15) is 5.56 Å². The zero-order valence-electron chi connectivity index (χ0n) is 18.0. The molecule has 1 atom stereocenters. The Kier molecular flexibility index (Phi) is 4.41. The first-order chi connectivity index (χ1) is 15.1. The van der Waals surface area contributed by atoms with E-state index in [9.17, 15) is 23.5 Å². The van der Waals surface area contributed by atoms with Crippen LogP contribution in [-0.2, 0) is 6.54 Å². The molecule has 1 N–H and O–H groups in total. The normalized spacial score (nSPS) is 17.7. The monoisotopic (exact) mass is 439 g/mol. The number of carboxylic acids is 1. The number of carboxylic acid groups (broad SMARTS) is 1. The average Bonchev–Trinajstić information content (AvgIpc) is 3.48. The van der Waals surface area contributed by atoms with Crippen molar-refractivity contribution in [3.05, 3.63) is 63.6 Å². The number of rotatable bonds is 3. The molecule has 32 heavy (non-hydrogen) atoms. The van der Waals surface area contributed by atoms with Crippen LogP contribution in [0.1, 0.15) is 61.6 Å². The van der Waals surface area contributed by atoms with Gasteiger partial charge in [-0.1, -0.05) is 26.8 Å². The number of fused-ring (bicyclic) bond motifs is 3. The lowest BCUT2D eigenvalue weighted by Gasteiger charge is -2.38. The predicted molar refractivity (Wildman–Crippen MR) is 115 cm³/mol. The molecule has 1 aliphatic heterocycles. The summed E-state index contributed by atoms with van der Waals surface area (Å²) in [7, 11) is 0. The molecule has 3 heterocycles. The number of hydrogen-bond acceptors (Lipinski definition) is 3. The molecule has 2 aromatic heterocycles. The van der Waals surface area contributed by atoms with Crippen molar-refractivity contribution in [2.24, 2.45) is 5.41 Å². The zero-order valence-corrected chi connectivity index (χ0v) is 18.0. The first kappa shape index (κ1) is 20.6. The van der Waals surface area contributed by atoms with Gasteiger partial charge in [0.15, 0.2) is 17.1 Å². The molecule has 0 saturated heterocycles. The van der Waals surface area contributed by atoms with E-state index in [1.54, 1.807) is 0 Å². The number of aromatic carboxylic acids is 1. The van der Waals surface area contributed by atoms with Crippen molar-refractivity contribution >= 4 is 5.97 Å². The second-order valence-electron chi connectivity index (χ2n) is 9.72. The van der Waals surface area contributed by atoms with Crippen molar-refractivity contribution in [2.75, 3.05) is 0 Å². The number of benzene rings is 1. The predicted octanol–water partition coefficient (Wildman–Crippen LogP) is 4.83. The molecule has 0 amide bonds. The highest BCUT2D eigenvalue weighted by atomic mass is 19.2. The van der Waals surface area contributed by atoms with Gasteiger partial charge in [-0.15, -0.1) is 0 Å². The van der Waals surface area contributed by atoms with E-state index in [1.165, 1.54) is 18.3 Å². The van der Waals surface area contributed by atoms with Crippen LogP contribution >= 0.6 is 0 Å². The summed E-state index contributed by atoms with van der Waals surface area (Å²) in [5.74, 6) is -2.94. The Labute approximate surface area is 183 Å². The third-order valence-electron chi connectivity index (χ3n) is 6.39. The van der Waals surface area contributed by atoms with Crippen LogP contribution in [-0.4, -0.2) is 25.4 Å². The number of hydrogen-bond donors (Lipinski definition) is 1. The Morgan fingerprint density at radius 1 is 1.16 bits per heavy atom. The van der Waals surface area contributed by atoms with Crippen molar-refractivity contribution in [2.45, 2.75) is 52.1 Å². The van der Waals surface area contributed by atoms with Crippen molar-refractivity contribution in [3.8, 4) is 22.5 Å². The fourth-order valence-electron chi connectivity index (χ4n) is 4.55. The van der Waals surface area contributed by atoms with E-state index in [-0.39, 0.29) is 22.9 Å². The SMILES string of the molecule is CC(C)(C)[C@@H]1Cn2nc(C3CC3)c(-c3ccc(F)c(F)c3)c2-c2cc(=O)c(C(=O)O)cn21. The molecular formula is C24H23F2N3O3. The van der Waals surface area contributed by atoms with Crippen molar-refractivity contribution in [3.63, 3.8) is 0 Å². The van der Waals surface area contributed by atoms with Gasteiger partial charge < -0.3 is 9.67 Å². The molecule has 2 aliphatic rings. The minimum absolute atomic E-state index is 0.159. The molecule has 1 fully saturated rings. The van der Waals surface area contributed by atoms with Gasteiger partial charge in [0.05, 0.1) is 29.7 Å². The third kappa shape index (κ3) is 3.16. The largest absolute Gasteiger partial charge is 0.477 e. The summed E-state index contributed by atoms with van der Waals surface area (Å²) in [6.45, 7) is 6.61. The lowest BCUT2D eigenvalue weighted by atomic mass is 9.84. The molecule has 5 rings (SSSR count). The van der Waals surface area contributed by atoms with E-state index in [4.69, 9.17) is 5.10 Å². The van der Waals surface area contributed by atoms with E-state index in [0.29, 0.717) is 29.1 Å². The summed E-state index contributed by atoms with van der Waals surface area (Å²) >= 11 is 0. The fraction of sp³-hybridized carbons (Fsp3) is 0.375. The Morgan fingerprint density at radius 3 is 2.47 bits per heavy atom. The van der Waals surface area contributed by atoms with Gasteiger partial charge in [-0.05, 0) is 36.0 Å². The number of aromatic nitrogens is 3. The van der Waals surface area contributed by atoms with E-state index in [2.05, 4.69) is 0 Å². The molecule has 1 saturated carbocycles. The Morgan fingerprint density at radius 2 is 1.88 bits per heavy atom. The van der Waals surface area contributed by atoms with Gasteiger partial charge in [-0.2, -0.15) is 5.10 Å².